The summed E-state index contributed by atoms with van der Waals surface area (Å²) in [6, 6.07) is 0. The number of aromatic amines is 2. The molecule has 28 heavy (non-hydrogen) atoms. The van der Waals surface area contributed by atoms with Crippen molar-refractivity contribution in [3.8, 4) is 0 Å². The van der Waals surface area contributed by atoms with Crippen LogP contribution in [-0.2, 0) is 30.3 Å². The first-order valence-electron chi connectivity index (χ1n) is 8.13. The third kappa shape index (κ3) is 6.44. The predicted molar refractivity (Wildman–Crippen MR) is 95.6 cm³/mol. The fourth-order valence-electron chi connectivity index (χ4n) is 2.06. The Morgan fingerprint density at radius 1 is 1.04 bits per heavy atom. The van der Waals surface area contributed by atoms with E-state index in [1.165, 1.54) is 12.4 Å². The van der Waals surface area contributed by atoms with Gasteiger partial charge in [-0.05, 0) is 0 Å². The zero-order chi connectivity index (χ0) is 20.5. The summed E-state index contributed by atoms with van der Waals surface area (Å²) in [5.74, 6) is -1.55. The van der Waals surface area contributed by atoms with Crippen molar-refractivity contribution in [3.05, 3.63) is 68.9 Å². The molecule has 0 spiro atoms. The molecular formula is C17H18N4O7. The van der Waals surface area contributed by atoms with Gasteiger partial charge in [-0.2, -0.15) is 0 Å². The molecule has 1 aliphatic rings. The van der Waals surface area contributed by atoms with Crippen LogP contribution in [0.3, 0.4) is 0 Å². The Balaban J connectivity index is 1.68. The minimum Gasteiger partial charge on any atom is -0.462 e. The van der Waals surface area contributed by atoms with E-state index >= 15 is 0 Å². The summed E-state index contributed by atoms with van der Waals surface area (Å²) in [6.07, 6.45) is 4.75. The normalized spacial score (nSPS) is 13.5. The highest BCUT2D eigenvalue weighted by atomic mass is 16.5. The van der Waals surface area contributed by atoms with Crippen LogP contribution in [0.4, 0.5) is 0 Å². The first-order chi connectivity index (χ1) is 13.3. The quantitative estimate of drug-likeness (QED) is 0.315. The van der Waals surface area contributed by atoms with E-state index in [-0.39, 0.29) is 37.5 Å². The molecule has 1 aromatic rings. The number of hydrogen-bond acceptors (Lipinski definition) is 8. The predicted octanol–water partition coefficient (Wildman–Crippen LogP) is -1.29. The Hall–Kier alpha value is -3.89. The highest BCUT2D eigenvalue weighted by Crippen LogP contribution is 2.06. The van der Waals surface area contributed by atoms with Crippen molar-refractivity contribution < 1.29 is 23.9 Å². The summed E-state index contributed by atoms with van der Waals surface area (Å²) < 4.78 is 9.74. The molecule has 11 heteroatoms. The van der Waals surface area contributed by atoms with Gasteiger partial charge in [0.15, 0.2) is 0 Å². The molecule has 4 N–H and O–H groups in total. The zero-order valence-corrected chi connectivity index (χ0v) is 14.7. The fourth-order valence-corrected chi connectivity index (χ4v) is 2.06. The summed E-state index contributed by atoms with van der Waals surface area (Å²) in [5.41, 5.74) is -0.565. The highest BCUT2D eigenvalue weighted by Gasteiger charge is 2.15. The average Bonchev–Trinajstić information content (AvgIpc) is 2.63. The topological polar surface area (TPSA) is 159 Å². The number of H-pyrrole nitrogens is 2. The lowest BCUT2D eigenvalue weighted by molar-refractivity contribution is -0.140. The third-order valence-electron chi connectivity index (χ3n) is 3.46. The van der Waals surface area contributed by atoms with Gasteiger partial charge in [-0.25, -0.2) is 14.4 Å². The van der Waals surface area contributed by atoms with Gasteiger partial charge in [0.25, 0.3) is 11.5 Å². The first kappa shape index (κ1) is 20.4. The van der Waals surface area contributed by atoms with Gasteiger partial charge >= 0.3 is 17.6 Å². The lowest BCUT2D eigenvalue weighted by atomic mass is 10.2. The van der Waals surface area contributed by atoms with E-state index in [4.69, 9.17) is 9.47 Å². The Morgan fingerprint density at radius 3 is 2.29 bits per heavy atom. The molecule has 2 rings (SSSR count). The number of aromatic nitrogens is 2. The van der Waals surface area contributed by atoms with Crippen LogP contribution in [0.2, 0.25) is 0 Å². The van der Waals surface area contributed by atoms with Gasteiger partial charge in [0.2, 0.25) is 0 Å². The summed E-state index contributed by atoms with van der Waals surface area (Å²) in [6.45, 7) is 3.37. The molecule has 0 radical (unpaired) electrons. The molecule has 148 valence electrons. The third-order valence-corrected chi connectivity index (χ3v) is 3.46. The molecule has 0 unspecified atom stereocenters. The van der Waals surface area contributed by atoms with E-state index in [9.17, 15) is 24.0 Å². The number of ether oxygens (including phenoxy) is 2. The van der Waals surface area contributed by atoms with E-state index in [1.54, 1.807) is 0 Å². The second kappa shape index (κ2) is 9.71. The maximum Gasteiger partial charge on any atom is 0.331 e. The fraction of sp³-hybridized carbons (Fsp3) is 0.235. The summed E-state index contributed by atoms with van der Waals surface area (Å²) in [5, 5.41) is 5.21. The zero-order valence-electron chi connectivity index (χ0n) is 14.7. The van der Waals surface area contributed by atoms with Crippen LogP contribution < -0.4 is 21.9 Å². The number of amides is 1. The number of nitrogens with one attached hydrogen (secondary N) is 4. The Morgan fingerprint density at radius 2 is 1.68 bits per heavy atom. The summed E-state index contributed by atoms with van der Waals surface area (Å²) >= 11 is 0. The molecule has 1 aromatic heterocycles. The van der Waals surface area contributed by atoms with Crippen LogP contribution in [0.1, 0.15) is 12.0 Å². The molecule has 11 nitrogen and oxygen atoms in total. The van der Waals surface area contributed by atoms with Crippen molar-refractivity contribution in [1.29, 1.82) is 0 Å². The Bertz CT molecular complexity index is 955. The van der Waals surface area contributed by atoms with Crippen LogP contribution in [-0.4, -0.2) is 41.0 Å². The molecule has 0 bridgehead atoms. The molecule has 0 aliphatic carbocycles. The Labute approximate surface area is 158 Å². The van der Waals surface area contributed by atoms with Gasteiger partial charge in [-0.15, -0.1) is 0 Å². The second-order valence-electron chi connectivity index (χ2n) is 5.51. The van der Waals surface area contributed by atoms with Gasteiger partial charge in [0.1, 0.15) is 5.82 Å². The molecule has 0 aromatic carbocycles. The molecule has 0 saturated carbocycles. The SMILES string of the molecule is C=C1NC=C(CCOC(=O)/C=C/C(=O)OCCc2c[nH]c(=O)[nH]c2=O)C(=O)N1. The van der Waals surface area contributed by atoms with Crippen LogP contribution in [0.15, 0.2) is 52.1 Å². The maximum absolute atomic E-state index is 11.6. The van der Waals surface area contributed by atoms with E-state index < -0.39 is 23.2 Å². The van der Waals surface area contributed by atoms with Crippen molar-refractivity contribution >= 4 is 17.8 Å². The lowest BCUT2D eigenvalue weighted by Gasteiger charge is -2.16. The Kier molecular flexibility index (Phi) is 7.08. The number of carbonyl (C=O) groups is 3. The van der Waals surface area contributed by atoms with E-state index in [0.717, 1.165) is 12.2 Å². The summed E-state index contributed by atoms with van der Waals surface area (Å²) in [7, 11) is 0. The monoisotopic (exact) mass is 390 g/mol. The van der Waals surface area contributed by atoms with E-state index in [0.29, 0.717) is 11.4 Å². The van der Waals surface area contributed by atoms with Crippen LogP contribution in [0, 0.1) is 0 Å². The molecule has 0 saturated heterocycles. The van der Waals surface area contributed by atoms with Crippen molar-refractivity contribution in [3.63, 3.8) is 0 Å². The van der Waals surface area contributed by atoms with Crippen LogP contribution >= 0.6 is 0 Å². The van der Waals surface area contributed by atoms with Crippen molar-refractivity contribution in [2.45, 2.75) is 12.8 Å². The number of rotatable bonds is 8. The lowest BCUT2D eigenvalue weighted by Crippen LogP contribution is -2.35. The molecule has 1 aliphatic heterocycles. The molecule has 0 fully saturated rings. The largest absolute Gasteiger partial charge is 0.462 e. The number of esters is 2. The van der Waals surface area contributed by atoms with Crippen molar-refractivity contribution in [1.82, 2.24) is 20.6 Å². The minimum atomic E-state index is -0.796. The maximum atomic E-state index is 11.6. The van der Waals surface area contributed by atoms with Gasteiger partial charge in [0.05, 0.1) is 13.2 Å². The van der Waals surface area contributed by atoms with E-state index in [2.05, 4.69) is 22.2 Å². The van der Waals surface area contributed by atoms with Gasteiger partial charge in [0, 0.05) is 48.5 Å². The second-order valence-corrected chi connectivity index (χ2v) is 5.51. The number of hydrogen-bond donors (Lipinski definition) is 4. The van der Waals surface area contributed by atoms with Crippen LogP contribution in [0.25, 0.3) is 0 Å². The molecule has 2 heterocycles. The van der Waals surface area contributed by atoms with E-state index in [1.807, 2.05) is 4.98 Å². The van der Waals surface area contributed by atoms with Gasteiger partial charge < -0.3 is 25.1 Å². The minimum absolute atomic E-state index is 0.0549. The van der Waals surface area contributed by atoms with Gasteiger partial charge in [-0.1, -0.05) is 6.58 Å². The first-order valence-corrected chi connectivity index (χ1v) is 8.13. The molecule has 0 atom stereocenters. The van der Waals surface area contributed by atoms with Gasteiger partial charge in [-0.3, -0.25) is 14.6 Å². The smallest absolute Gasteiger partial charge is 0.331 e. The standard InChI is InChI=1S/C17H18N4O7/c1-10-18-8-11(15(24)20-10)4-6-27-13(22)2-3-14(23)28-7-5-12-9-19-17(26)21-16(12)25/h2-3,8-9,18H,1,4-7H2,(H,20,24)(H2,19,21,25,26)/b3-2+. The molecular weight excluding hydrogens is 372 g/mol. The van der Waals surface area contributed by atoms with Crippen LogP contribution in [0.5, 0.6) is 0 Å². The summed E-state index contributed by atoms with van der Waals surface area (Å²) in [4.78, 5) is 61.4. The van der Waals surface area contributed by atoms with Crippen molar-refractivity contribution in [2.75, 3.05) is 13.2 Å². The average molecular weight is 390 g/mol. The number of carbonyl (C=O) groups excluding carboxylic acids is 3. The highest BCUT2D eigenvalue weighted by molar-refractivity contribution is 5.95. The molecule has 1 amide bonds. The van der Waals surface area contributed by atoms with Crippen molar-refractivity contribution in [2.24, 2.45) is 0 Å².